The number of carbonyl (C=O) groups excluding carboxylic acids is 2. The highest BCUT2D eigenvalue weighted by Crippen LogP contribution is 2.36. The molecule has 0 bridgehead atoms. The summed E-state index contributed by atoms with van der Waals surface area (Å²) in [5.74, 6) is 0.748. The number of rotatable bonds is 6. The minimum atomic E-state index is -0.400. The summed E-state index contributed by atoms with van der Waals surface area (Å²) < 4.78 is 17.0. The van der Waals surface area contributed by atoms with Crippen molar-refractivity contribution in [3.63, 3.8) is 0 Å². The van der Waals surface area contributed by atoms with Crippen LogP contribution in [0.1, 0.15) is 60.7 Å². The molecule has 2 atom stereocenters. The molecule has 2 amide bonds. The standard InChI is InChI=1S/C26H28N4O5/c31-25(33-17-19-9-3-1-4-10-19)29-15-7-13-21(29)23-27-28-24(35-23)22-14-8-16-30(22)26(32)34-18-20-11-5-2-6-12-20/h1-6,9-12,21-22H,7-8,13-18H2. The van der Waals surface area contributed by atoms with Crippen molar-refractivity contribution in [1.29, 1.82) is 0 Å². The first-order valence-electron chi connectivity index (χ1n) is 12.0. The Bertz CT molecular complexity index is 1050. The zero-order chi connectivity index (χ0) is 24.0. The predicted octanol–water partition coefficient (Wildman–Crippen LogP) is 5.02. The molecule has 2 aliphatic rings. The van der Waals surface area contributed by atoms with Crippen molar-refractivity contribution in [3.05, 3.63) is 83.6 Å². The number of carbonyl (C=O) groups is 2. The second-order valence-electron chi connectivity index (χ2n) is 8.76. The molecular weight excluding hydrogens is 448 g/mol. The molecule has 2 unspecified atom stereocenters. The Hall–Kier alpha value is -3.88. The van der Waals surface area contributed by atoms with E-state index in [1.54, 1.807) is 9.80 Å². The maximum atomic E-state index is 12.7. The molecule has 2 aromatic carbocycles. The molecule has 0 saturated carbocycles. The Morgan fingerprint density at radius 1 is 0.743 bits per heavy atom. The lowest BCUT2D eigenvalue weighted by molar-refractivity contribution is 0.0838. The largest absolute Gasteiger partial charge is 0.445 e. The topological polar surface area (TPSA) is 98.0 Å². The molecule has 3 aromatic rings. The number of hydrogen-bond acceptors (Lipinski definition) is 7. The second-order valence-corrected chi connectivity index (χ2v) is 8.76. The molecule has 0 spiro atoms. The lowest BCUT2D eigenvalue weighted by Crippen LogP contribution is -2.31. The summed E-state index contributed by atoms with van der Waals surface area (Å²) in [4.78, 5) is 28.8. The first-order chi connectivity index (χ1) is 17.2. The van der Waals surface area contributed by atoms with E-state index in [0.29, 0.717) is 24.9 Å². The number of ether oxygens (including phenoxy) is 2. The number of amides is 2. The molecular formula is C26H28N4O5. The van der Waals surface area contributed by atoms with Gasteiger partial charge < -0.3 is 13.9 Å². The first-order valence-corrected chi connectivity index (χ1v) is 12.0. The van der Waals surface area contributed by atoms with Gasteiger partial charge in [-0.1, -0.05) is 60.7 Å². The Morgan fingerprint density at radius 3 is 1.60 bits per heavy atom. The second kappa shape index (κ2) is 10.6. The Balaban J connectivity index is 1.21. The summed E-state index contributed by atoms with van der Waals surface area (Å²) >= 11 is 0. The quantitative estimate of drug-likeness (QED) is 0.493. The number of aromatic nitrogens is 2. The van der Waals surface area contributed by atoms with Gasteiger partial charge >= 0.3 is 12.2 Å². The number of benzene rings is 2. The highest BCUT2D eigenvalue weighted by Gasteiger charge is 2.38. The average Bonchev–Trinajstić information content (AvgIpc) is 3.67. The third kappa shape index (κ3) is 5.29. The maximum Gasteiger partial charge on any atom is 0.410 e. The van der Waals surface area contributed by atoms with E-state index < -0.39 is 12.2 Å². The van der Waals surface area contributed by atoms with Gasteiger partial charge in [0.1, 0.15) is 25.3 Å². The van der Waals surface area contributed by atoms with Crippen LogP contribution in [-0.2, 0) is 22.7 Å². The van der Waals surface area contributed by atoms with Crippen molar-refractivity contribution in [2.24, 2.45) is 0 Å². The van der Waals surface area contributed by atoms with Gasteiger partial charge in [-0.2, -0.15) is 0 Å². The monoisotopic (exact) mass is 476 g/mol. The van der Waals surface area contributed by atoms with E-state index in [4.69, 9.17) is 13.9 Å². The lowest BCUT2D eigenvalue weighted by atomic mass is 10.2. The lowest BCUT2D eigenvalue weighted by Gasteiger charge is -2.22. The zero-order valence-corrected chi connectivity index (χ0v) is 19.4. The van der Waals surface area contributed by atoms with Crippen LogP contribution in [0.4, 0.5) is 9.59 Å². The molecule has 182 valence electrons. The highest BCUT2D eigenvalue weighted by molar-refractivity contribution is 5.69. The number of nitrogens with zero attached hydrogens (tertiary/aromatic N) is 4. The molecule has 0 aliphatic carbocycles. The van der Waals surface area contributed by atoms with Crippen LogP contribution in [0.25, 0.3) is 0 Å². The molecule has 0 N–H and O–H groups in total. The van der Waals surface area contributed by atoms with Gasteiger partial charge in [-0.15, -0.1) is 10.2 Å². The molecule has 35 heavy (non-hydrogen) atoms. The number of hydrogen-bond donors (Lipinski definition) is 0. The average molecular weight is 477 g/mol. The van der Waals surface area contributed by atoms with E-state index in [2.05, 4.69) is 10.2 Å². The van der Waals surface area contributed by atoms with E-state index >= 15 is 0 Å². The van der Waals surface area contributed by atoms with E-state index in [0.717, 1.165) is 36.8 Å². The summed E-state index contributed by atoms with van der Waals surface area (Å²) in [7, 11) is 0. The van der Waals surface area contributed by atoms with Gasteiger partial charge in [0.2, 0.25) is 11.8 Å². The van der Waals surface area contributed by atoms with Crippen LogP contribution in [0.5, 0.6) is 0 Å². The van der Waals surface area contributed by atoms with Crippen LogP contribution in [0.3, 0.4) is 0 Å². The fraction of sp³-hybridized carbons (Fsp3) is 0.385. The smallest absolute Gasteiger partial charge is 0.410 e. The summed E-state index contributed by atoms with van der Waals surface area (Å²) in [5.41, 5.74) is 1.86. The minimum absolute atomic E-state index is 0.208. The maximum absolute atomic E-state index is 12.7. The third-order valence-electron chi connectivity index (χ3n) is 6.41. The molecule has 5 rings (SSSR count). The van der Waals surface area contributed by atoms with Crippen LogP contribution >= 0.6 is 0 Å². The van der Waals surface area contributed by atoms with Crippen molar-refractivity contribution in [2.75, 3.05) is 13.1 Å². The van der Waals surface area contributed by atoms with Gasteiger partial charge in [-0.3, -0.25) is 9.80 Å². The molecule has 2 aliphatic heterocycles. The van der Waals surface area contributed by atoms with Crippen LogP contribution in [-0.4, -0.2) is 45.3 Å². The first kappa shape index (κ1) is 22.9. The molecule has 1 aromatic heterocycles. The van der Waals surface area contributed by atoms with Gasteiger partial charge in [-0.25, -0.2) is 9.59 Å². The van der Waals surface area contributed by atoms with Gasteiger partial charge in [0, 0.05) is 13.1 Å². The fourth-order valence-electron chi connectivity index (χ4n) is 4.60. The third-order valence-corrected chi connectivity index (χ3v) is 6.41. The molecule has 3 heterocycles. The molecule has 2 fully saturated rings. The Labute approximate surface area is 203 Å². The minimum Gasteiger partial charge on any atom is -0.445 e. The van der Waals surface area contributed by atoms with Gasteiger partial charge in [0.25, 0.3) is 0 Å². The molecule has 9 nitrogen and oxygen atoms in total. The highest BCUT2D eigenvalue weighted by atomic mass is 16.6. The molecule has 0 radical (unpaired) electrons. The van der Waals surface area contributed by atoms with E-state index in [-0.39, 0.29) is 25.3 Å². The van der Waals surface area contributed by atoms with E-state index in [9.17, 15) is 9.59 Å². The van der Waals surface area contributed by atoms with Gasteiger partial charge in [0.15, 0.2) is 0 Å². The fourth-order valence-corrected chi connectivity index (χ4v) is 4.60. The molecule has 2 saturated heterocycles. The van der Waals surface area contributed by atoms with Crippen LogP contribution in [0.15, 0.2) is 65.1 Å². The summed E-state index contributed by atoms with van der Waals surface area (Å²) in [6.07, 6.45) is 2.28. The Morgan fingerprint density at radius 2 is 1.17 bits per heavy atom. The number of likely N-dealkylation sites (tertiary alicyclic amines) is 2. The van der Waals surface area contributed by atoms with Crippen LogP contribution in [0, 0.1) is 0 Å². The van der Waals surface area contributed by atoms with Crippen molar-refractivity contribution in [1.82, 2.24) is 20.0 Å². The van der Waals surface area contributed by atoms with Gasteiger partial charge in [-0.05, 0) is 36.8 Å². The Kier molecular flexibility index (Phi) is 6.92. The van der Waals surface area contributed by atoms with Crippen molar-refractivity contribution in [2.45, 2.75) is 51.0 Å². The normalized spacial score (nSPS) is 19.7. The van der Waals surface area contributed by atoms with E-state index in [1.807, 2.05) is 60.7 Å². The van der Waals surface area contributed by atoms with Crippen molar-refractivity contribution >= 4 is 12.2 Å². The van der Waals surface area contributed by atoms with Crippen molar-refractivity contribution in [3.8, 4) is 0 Å². The van der Waals surface area contributed by atoms with Crippen LogP contribution < -0.4 is 0 Å². The SMILES string of the molecule is O=C(OCc1ccccc1)N1CCCC1c1nnc(C2CCCN2C(=O)OCc2ccccc2)o1. The predicted molar refractivity (Wildman–Crippen MR) is 125 cm³/mol. The molecule has 9 heteroatoms. The zero-order valence-electron chi connectivity index (χ0n) is 19.4. The summed E-state index contributed by atoms with van der Waals surface area (Å²) in [5, 5.41) is 8.47. The van der Waals surface area contributed by atoms with Crippen LogP contribution in [0.2, 0.25) is 0 Å². The van der Waals surface area contributed by atoms with Gasteiger partial charge in [0.05, 0.1) is 0 Å². The van der Waals surface area contributed by atoms with E-state index in [1.165, 1.54) is 0 Å². The summed E-state index contributed by atoms with van der Waals surface area (Å²) in [6.45, 7) is 1.55. The van der Waals surface area contributed by atoms with Crippen molar-refractivity contribution < 1.29 is 23.5 Å². The summed E-state index contributed by atoms with van der Waals surface area (Å²) in [6, 6.07) is 18.5.